The predicted molar refractivity (Wildman–Crippen MR) is 115 cm³/mol. The highest BCUT2D eigenvalue weighted by Crippen LogP contribution is 2.22. The van der Waals surface area contributed by atoms with Crippen molar-refractivity contribution in [1.29, 1.82) is 5.26 Å². The maximum absolute atomic E-state index is 14.3. The molecule has 0 spiro atoms. The number of nitrogens with one attached hydrogen (secondary N) is 2. The van der Waals surface area contributed by atoms with Crippen molar-refractivity contribution in [2.24, 2.45) is 0 Å². The molecule has 0 unspecified atom stereocenters. The van der Waals surface area contributed by atoms with Crippen LogP contribution < -0.4 is 10.2 Å². The van der Waals surface area contributed by atoms with E-state index in [4.69, 9.17) is 5.26 Å². The number of hydrogen-bond acceptors (Lipinski definition) is 4. The van der Waals surface area contributed by atoms with Crippen LogP contribution in [0.25, 0.3) is 10.9 Å². The standard InChI is InChI=1S/C23H20FN5O3/c24-17-7-2-4-9-20(17)28(11-5-10-25)21(30)14-29-22(31)19(27-23(29)32)12-15-13-26-18-8-3-1-6-16(15)18/h1-4,6-9,13,19,26H,5,11-12,14H2,(H,27,32)/t19-/m0/s1. The maximum atomic E-state index is 14.3. The molecule has 1 fully saturated rings. The van der Waals surface area contributed by atoms with Crippen molar-refractivity contribution < 1.29 is 18.8 Å². The molecular weight excluding hydrogens is 413 g/mol. The van der Waals surface area contributed by atoms with Gasteiger partial charge in [0.25, 0.3) is 5.91 Å². The van der Waals surface area contributed by atoms with Crippen LogP contribution in [0.2, 0.25) is 0 Å². The summed E-state index contributed by atoms with van der Waals surface area (Å²) >= 11 is 0. The fourth-order valence-electron chi connectivity index (χ4n) is 3.82. The molecule has 1 aliphatic heterocycles. The van der Waals surface area contributed by atoms with Gasteiger partial charge in [-0.1, -0.05) is 30.3 Å². The number of aromatic nitrogens is 1. The zero-order chi connectivity index (χ0) is 22.7. The molecule has 4 rings (SSSR count). The monoisotopic (exact) mass is 433 g/mol. The molecule has 0 aliphatic carbocycles. The van der Waals surface area contributed by atoms with Gasteiger partial charge in [-0.15, -0.1) is 0 Å². The highest BCUT2D eigenvalue weighted by atomic mass is 19.1. The van der Waals surface area contributed by atoms with Crippen LogP contribution in [0.4, 0.5) is 14.9 Å². The lowest BCUT2D eigenvalue weighted by molar-refractivity contribution is -0.131. The molecule has 1 atom stereocenters. The third-order valence-corrected chi connectivity index (χ3v) is 5.39. The zero-order valence-corrected chi connectivity index (χ0v) is 17.0. The van der Waals surface area contributed by atoms with E-state index in [1.807, 2.05) is 30.3 Å². The van der Waals surface area contributed by atoms with E-state index in [-0.39, 0.29) is 25.1 Å². The molecule has 2 aromatic carbocycles. The fraction of sp³-hybridized carbons (Fsp3) is 0.217. The van der Waals surface area contributed by atoms with Crippen molar-refractivity contribution in [3.05, 3.63) is 66.1 Å². The van der Waals surface area contributed by atoms with Gasteiger partial charge in [-0.3, -0.25) is 14.5 Å². The number of urea groups is 1. The predicted octanol–water partition coefficient (Wildman–Crippen LogP) is 2.72. The van der Waals surface area contributed by atoms with E-state index in [1.54, 1.807) is 12.3 Å². The second-order valence-electron chi connectivity index (χ2n) is 7.39. The molecule has 9 heteroatoms. The number of H-pyrrole nitrogens is 1. The van der Waals surface area contributed by atoms with E-state index in [2.05, 4.69) is 10.3 Å². The van der Waals surface area contributed by atoms with Crippen LogP contribution in [0.5, 0.6) is 0 Å². The minimum Gasteiger partial charge on any atom is -0.361 e. The number of benzene rings is 2. The number of halogens is 1. The number of imide groups is 1. The molecule has 2 N–H and O–H groups in total. The Hall–Kier alpha value is -4.19. The second kappa shape index (κ2) is 8.89. The summed E-state index contributed by atoms with van der Waals surface area (Å²) in [5.74, 6) is -1.81. The number of nitrogens with zero attached hydrogens (tertiary/aromatic N) is 3. The molecular formula is C23H20FN5O3. The van der Waals surface area contributed by atoms with Crippen LogP contribution in [-0.2, 0) is 16.0 Å². The lowest BCUT2D eigenvalue weighted by Crippen LogP contribution is -2.44. The van der Waals surface area contributed by atoms with Crippen molar-refractivity contribution in [2.45, 2.75) is 18.9 Å². The Bertz CT molecular complexity index is 1230. The average Bonchev–Trinajstić information content (AvgIpc) is 3.31. The lowest BCUT2D eigenvalue weighted by Gasteiger charge is -2.24. The second-order valence-corrected chi connectivity index (χ2v) is 7.39. The average molecular weight is 433 g/mol. The van der Waals surface area contributed by atoms with Crippen LogP contribution in [-0.4, -0.2) is 46.9 Å². The summed E-state index contributed by atoms with van der Waals surface area (Å²) < 4.78 is 14.3. The number of carbonyl (C=O) groups excluding carboxylic acids is 3. The quantitative estimate of drug-likeness (QED) is 0.559. The molecule has 162 valence electrons. The van der Waals surface area contributed by atoms with Crippen LogP contribution in [0.1, 0.15) is 12.0 Å². The topological polar surface area (TPSA) is 109 Å². The zero-order valence-electron chi connectivity index (χ0n) is 17.0. The van der Waals surface area contributed by atoms with E-state index in [0.29, 0.717) is 0 Å². The number of hydrogen-bond donors (Lipinski definition) is 2. The number of carbonyl (C=O) groups is 3. The Morgan fingerprint density at radius 3 is 2.69 bits per heavy atom. The summed E-state index contributed by atoms with van der Waals surface area (Å²) in [7, 11) is 0. The molecule has 1 aliphatic rings. The highest BCUT2D eigenvalue weighted by Gasteiger charge is 2.40. The van der Waals surface area contributed by atoms with Crippen LogP contribution in [0.15, 0.2) is 54.7 Å². The van der Waals surface area contributed by atoms with Crippen molar-refractivity contribution in [3.63, 3.8) is 0 Å². The molecule has 8 nitrogen and oxygen atoms in total. The molecule has 1 aromatic heterocycles. The lowest BCUT2D eigenvalue weighted by atomic mass is 10.1. The molecule has 0 bridgehead atoms. The highest BCUT2D eigenvalue weighted by molar-refractivity contribution is 6.08. The largest absolute Gasteiger partial charge is 0.361 e. The Morgan fingerprint density at radius 2 is 1.91 bits per heavy atom. The Balaban J connectivity index is 1.50. The van der Waals surface area contributed by atoms with Crippen molar-refractivity contribution >= 4 is 34.4 Å². The number of para-hydroxylation sites is 2. The maximum Gasteiger partial charge on any atom is 0.325 e. The summed E-state index contributed by atoms with van der Waals surface area (Å²) in [6.07, 6.45) is 2.04. The Kier molecular flexibility index (Phi) is 5.85. The van der Waals surface area contributed by atoms with E-state index >= 15 is 0 Å². The summed E-state index contributed by atoms with van der Waals surface area (Å²) in [6.45, 7) is -0.604. The van der Waals surface area contributed by atoms with Gasteiger partial charge in [-0.25, -0.2) is 9.18 Å². The minimum absolute atomic E-state index is 0.00449. The summed E-state index contributed by atoms with van der Waals surface area (Å²) in [6, 6.07) is 13.7. The Morgan fingerprint density at radius 1 is 1.16 bits per heavy atom. The first-order valence-corrected chi connectivity index (χ1v) is 10.1. The minimum atomic E-state index is -0.810. The van der Waals surface area contributed by atoms with Crippen molar-refractivity contribution in [1.82, 2.24) is 15.2 Å². The summed E-state index contributed by atoms with van der Waals surface area (Å²) in [4.78, 5) is 43.3. The van der Waals surface area contributed by atoms with E-state index in [9.17, 15) is 18.8 Å². The van der Waals surface area contributed by atoms with Crippen LogP contribution >= 0.6 is 0 Å². The van der Waals surface area contributed by atoms with Gasteiger partial charge in [0.05, 0.1) is 18.2 Å². The smallest absolute Gasteiger partial charge is 0.325 e. The third kappa shape index (κ3) is 4.03. The first-order chi connectivity index (χ1) is 15.5. The molecule has 32 heavy (non-hydrogen) atoms. The molecule has 0 radical (unpaired) electrons. The van der Waals surface area contributed by atoms with Gasteiger partial charge in [-0.05, 0) is 23.8 Å². The number of aromatic amines is 1. The van der Waals surface area contributed by atoms with Gasteiger partial charge in [0.1, 0.15) is 18.4 Å². The van der Waals surface area contributed by atoms with Gasteiger partial charge in [0.2, 0.25) is 5.91 Å². The fourth-order valence-corrected chi connectivity index (χ4v) is 3.82. The third-order valence-electron chi connectivity index (χ3n) is 5.39. The van der Waals surface area contributed by atoms with Crippen LogP contribution in [0, 0.1) is 17.1 Å². The SMILES string of the molecule is N#CCCN(C(=O)CN1C(=O)N[C@@H](Cc2c[nH]c3ccccc23)C1=O)c1ccccc1F. The van der Waals surface area contributed by atoms with Gasteiger partial charge < -0.3 is 15.2 Å². The normalized spacial score (nSPS) is 15.6. The van der Waals surface area contributed by atoms with Crippen molar-refractivity contribution in [2.75, 3.05) is 18.0 Å². The molecule has 3 aromatic rings. The Labute approximate surface area is 183 Å². The van der Waals surface area contributed by atoms with Crippen molar-refractivity contribution in [3.8, 4) is 6.07 Å². The van der Waals surface area contributed by atoms with E-state index < -0.39 is 36.2 Å². The van der Waals surface area contributed by atoms with E-state index in [0.717, 1.165) is 26.3 Å². The number of rotatable bonds is 7. The number of anilines is 1. The van der Waals surface area contributed by atoms with Gasteiger partial charge in [0, 0.05) is 30.1 Å². The number of amides is 4. The molecule has 0 saturated carbocycles. The summed E-state index contributed by atoms with van der Waals surface area (Å²) in [5, 5.41) is 12.5. The van der Waals surface area contributed by atoms with Gasteiger partial charge in [-0.2, -0.15) is 5.26 Å². The number of fused-ring (bicyclic) bond motifs is 1. The first-order valence-electron chi connectivity index (χ1n) is 10.1. The molecule has 2 heterocycles. The summed E-state index contributed by atoms with van der Waals surface area (Å²) in [5.41, 5.74) is 1.79. The van der Waals surface area contributed by atoms with Gasteiger partial charge in [0.15, 0.2) is 0 Å². The van der Waals surface area contributed by atoms with E-state index in [1.165, 1.54) is 18.2 Å². The molecule has 1 saturated heterocycles. The first kappa shape index (κ1) is 21.1. The number of nitriles is 1. The molecule has 4 amide bonds. The van der Waals surface area contributed by atoms with Gasteiger partial charge >= 0.3 is 6.03 Å². The van der Waals surface area contributed by atoms with Crippen LogP contribution in [0.3, 0.4) is 0 Å².